The van der Waals surface area contributed by atoms with Crippen molar-refractivity contribution in [3.63, 3.8) is 0 Å². The van der Waals surface area contributed by atoms with Gasteiger partial charge in [0.05, 0.1) is 6.04 Å². The van der Waals surface area contributed by atoms with Gasteiger partial charge in [-0.1, -0.05) is 18.9 Å². The van der Waals surface area contributed by atoms with E-state index < -0.39 is 0 Å². The largest absolute Gasteiger partial charge is 0.350 e. The Morgan fingerprint density at radius 2 is 2.08 bits per heavy atom. The second-order valence-corrected chi connectivity index (χ2v) is 6.29. The van der Waals surface area contributed by atoms with E-state index >= 15 is 0 Å². The molecule has 1 saturated heterocycles. The molecule has 1 aliphatic heterocycles. The first-order valence-corrected chi connectivity index (χ1v) is 8.30. The van der Waals surface area contributed by atoms with Crippen molar-refractivity contribution in [1.82, 2.24) is 25.0 Å². The van der Waals surface area contributed by atoms with E-state index in [9.17, 15) is 9.59 Å². The lowest BCUT2D eigenvalue weighted by atomic mass is 9.87. The minimum absolute atomic E-state index is 0.0678. The highest BCUT2D eigenvalue weighted by Gasteiger charge is 2.39. The van der Waals surface area contributed by atoms with Gasteiger partial charge in [-0.05, 0) is 31.0 Å². The Morgan fingerprint density at radius 3 is 2.92 bits per heavy atom. The highest BCUT2D eigenvalue weighted by molar-refractivity contribution is 5.96. The fraction of sp³-hybridized carbons (Fsp3) is 0.412. The van der Waals surface area contributed by atoms with Gasteiger partial charge in [-0.25, -0.2) is 9.67 Å². The van der Waals surface area contributed by atoms with Crippen molar-refractivity contribution in [1.29, 1.82) is 0 Å². The van der Waals surface area contributed by atoms with E-state index in [1.807, 2.05) is 0 Å². The Kier molecular flexibility index (Phi) is 3.76. The zero-order valence-corrected chi connectivity index (χ0v) is 13.3. The van der Waals surface area contributed by atoms with Crippen molar-refractivity contribution in [2.24, 2.45) is 0 Å². The number of fused-ring (bicyclic) bond motifs is 1. The lowest BCUT2D eigenvalue weighted by Gasteiger charge is -2.43. The number of rotatable bonds is 2. The minimum Gasteiger partial charge on any atom is -0.350 e. The minimum atomic E-state index is -0.184. The second-order valence-electron chi connectivity index (χ2n) is 6.29. The summed E-state index contributed by atoms with van der Waals surface area (Å²) in [6.45, 7) is 0.105. The molecule has 0 unspecified atom stereocenters. The van der Waals surface area contributed by atoms with Crippen molar-refractivity contribution < 1.29 is 9.59 Å². The Bertz CT molecular complexity index is 758. The number of aromatic nitrogens is 3. The Hall–Kier alpha value is -2.70. The van der Waals surface area contributed by atoms with Gasteiger partial charge in [-0.15, -0.1) is 0 Å². The lowest BCUT2D eigenvalue weighted by Crippen LogP contribution is -2.63. The summed E-state index contributed by atoms with van der Waals surface area (Å²) in [6.07, 6.45) is 7.48. The van der Waals surface area contributed by atoms with Crippen LogP contribution in [0.1, 0.15) is 36.2 Å². The summed E-state index contributed by atoms with van der Waals surface area (Å²) in [6, 6.07) is 7.23. The third-order valence-corrected chi connectivity index (χ3v) is 4.74. The second kappa shape index (κ2) is 6.07. The van der Waals surface area contributed by atoms with Crippen molar-refractivity contribution >= 4 is 11.8 Å². The zero-order chi connectivity index (χ0) is 16.5. The van der Waals surface area contributed by atoms with Gasteiger partial charge in [0.1, 0.15) is 12.2 Å². The molecule has 24 heavy (non-hydrogen) atoms. The fourth-order valence-corrected chi connectivity index (χ4v) is 3.62. The molecular formula is C17H19N5O2. The van der Waals surface area contributed by atoms with Crippen LogP contribution in [0.4, 0.5) is 0 Å². The summed E-state index contributed by atoms with van der Waals surface area (Å²) in [7, 11) is 0. The SMILES string of the molecule is O=C1CN(C(=O)c2cccc(-n3cccn3)n2)[C@H]2CCCC[C@@H]2N1. The molecule has 1 saturated carbocycles. The summed E-state index contributed by atoms with van der Waals surface area (Å²) < 4.78 is 1.61. The monoisotopic (exact) mass is 325 g/mol. The molecule has 2 aliphatic rings. The van der Waals surface area contributed by atoms with Gasteiger partial charge in [-0.2, -0.15) is 5.10 Å². The quantitative estimate of drug-likeness (QED) is 0.898. The number of hydrogen-bond donors (Lipinski definition) is 1. The number of carbonyl (C=O) groups excluding carboxylic acids is 2. The van der Waals surface area contributed by atoms with E-state index in [4.69, 9.17) is 0 Å². The summed E-state index contributed by atoms with van der Waals surface area (Å²) in [5.74, 6) is 0.318. The van der Waals surface area contributed by atoms with Crippen LogP contribution in [0, 0.1) is 0 Å². The number of nitrogens with one attached hydrogen (secondary N) is 1. The molecule has 0 bridgehead atoms. The van der Waals surface area contributed by atoms with Gasteiger partial charge >= 0.3 is 0 Å². The van der Waals surface area contributed by atoms with Gasteiger partial charge < -0.3 is 10.2 Å². The van der Waals surface area contributed by atoms with E-state index in [1.54, 1.807) is 46.2 Å². The number of piperazine rings is 1. The van der Waals surface area contributed by atoms with Crippen LogP contribution in [0.3, 0.4) is 0 Å². The van der Waals surface area contributed by atoms with Crippen LogP contribution < -0.4 is 5.32 Å². The van der Waals surface area contributed by atoms with Crippen molar-refractivity contribution in [2.75, 3.05) is 6.54 Å². The molecule has 1 aliphatic carbocycles. The Labute approximate surface area is 139 Å². The molecular weight excluding hydrogens is 306 g/mol. The van der Waals surface area contributed by atoms with Gasteiger partial charge in [0, 0.05) is 18.4 Å². The standard InChI is InChI=1S/C17H19N5O2/c23-16-11-21(14-7-2-1-5-12(14)20-16)17(24)13-6-3-8-15(19-13)22-10-4-9-18-22/h3-4,6,8-10,12,14H,1-2,5,7,11H2,(H,20,23)/t12-,14-/m0/s1. The molecule has 1 N–H and O–H groups in total. The first kappa shape index (κ1) is 14.9. The third-order valence-electron chi connectivity index (χ3n) is 4.74. The lowest BCUT2D eigenvalue weighted by molar-refractivity contribution is -0.127. The molecule has 2 aromatic rings. The van der Waals surface area contributed by atoms with Crippen molar-refractivity contribution in [3.05, 3.63) is 42.4 Å². The molecule has 7 nitrogen and oxygen atoms in total. The molecule has 2 fully saturated rings. The molecule has 2 aromatic heterocycles. The summed E-state index contributed by atoms with van der Waals surface area (Å²) >= 11 is 0. The van der Waals surface area contributed by atoms with Crippen LogP contribution in [0.2, 0.25) is 0 Å². The maximum absolute atomic E-state index is 13.0. The Balaban J connectivity index is 1.62. The highest BCUT2D eigenvalue weighted by Crippen LogP contribution is 2.26. The predicted molar refractivity (Wildman–Crippen MR) is 86.6 cm³/mol. The fourth-order valence-electron chi connectivity index (χ4n) is 3.62. The molecule has 7 heteroatoms. The van der Waals surface area contributed by atoms with Gasteiger partial charge in [0.15, 0.2) is 5.82 Å². The number of nitrogens with zero attached hydrogens (tertiary/aromatic N) is 4. The number of amides is 2. The number of carbonyl (C=O) groups is 2. The van der Waals surface area contributed by atoms with Crippen LogP contribution in [0.5, 0.6) is 0 Å². The van der Waals surface area contributed by atoms with E-state index in [0.717, 1.165) is 25.7 Å². The maximum atomic E-state index is 13.0. The van der Waals surface area contributed by atoms with Gasteiger partial charge in [0.2, 0.25) is 5.91 Å². The molecule has 0 spiro atoms. The van der Waals surface area contributed by atoms with E-state index in [-0.39, 0.29) is 30.4 Å². The van der Waals surface area contributed by atoms with E-state index in [0.29, 0.717) is 11.5 Å². The predicted octanol–water partition coefficient (Wildman–Crippen LogP) is 1.15. The van der Waals surface area contributed by atoms with Crippen molar-refractivity contribution in [2.45, 2.75) is 37.8 Å². The molecule has 4 rings (SSSR count). The van der Waals surface area contributed by atoms with Crippen LogP contribution >= 0.6 is 0 Å². The van der Waals surface area contributed by atoms with Gasteiger partial charge in [0.25, 0.3) is 5.91 Å². The maximum Gasteiger partial charge on any atom is 0.273 e. The molecule has 124 valence electrons. The summed E-state index contributed by atoms with van der Waals surface area (Å²) in [5.41, 5.74) is 0.349. The summed E-state index contributed by atoms with van der Waals surface area (Å²) in [5, 5.41) is 7.16. The average molecular weight is 325 g/mol. The molecule has 2 atom stereocenters. The average Bonchev–Trinajstić information content (AvgIpc) is 3.15. The van der Waals surface area contributed by atoms with Crippen molar-refractivity contribution in [3.8, 4) is 5.82 Å². The van der Waals surface area contributed by atoms with Crippen LogP contribution in [0.25, 0.3) is 5.82 Å². The van der Waals surface area contributed by atoms with Crippen LogP contribution in [-0.2, 0) is 4.79 Å². The number of hydrogen-bond acceptors (Lipinski definition) is 4. The topological polar surface area (TPSA) is 80.1 Å². The molecule has 2 amide bonds. The summed E-state index contributed by atoms with van der Waals surface area (Å²) in [4.78, 5) is 31.1. The first-order chi connectivity index (χ1) is 11.7. The first-order valence-electron chi connectivity index (χ1n) is 8.30. The smallest absolute Gasteiger partial charge is 0.273 e. The zero-order valence-electron chi connectivity index (χ0n) is 13.3. The normalized spacial score (nSPS) is 23.5. The van der Waals surface area contributed by atoms with Gasteiger partial charge in [-0.3, -0.25) is 9.59 Å². The van der Waals surface area contributed by atoms with Crippen LogP contribution in [-0.4, -0.2) is 50.1 Å². The van der Waals surface area contributed by atoms with E-state index in [2.05, 4.69) is 15.4 Å². The van der Waals surface area contributed by atoms with E-state index in [1.165, 1.54) is 0 Å². The number of pyridine rings is 1. The third kappa shape index (κ3) is 2.66. The molecule has 0 aromatic carbocycles. The highest BCUT2D eigenvalue weighted by atomic mass is 16.2. The Morgan fingerprint density at radius 1 is 1.21 bits per heavy atom. The molecule has 0 radical (unpaired) electrons. The molecule has 3 heterocycles. The van der Waals surface area contributed by atoms with Crippen LogP contribution in [0.15, 0.2) is 36.7 Å².